The number of carbonyl (C=O) groups is 1. The number of nitrogens with zero attached hydrogens (tertiary/aromatic N) is 3. The van der Waals surface area contributed by atoms with E-state index in [2.05, 4.69) is 16.3 Å². The number of rotatable bonds is 3. The summed E-state index contributed by atoms with van der Waals surface area (Å²) >= 11 is 11.2. The van der Waals surface area contributed by atoms with E-state index in [9.17, 15) is 4.79 Å². The van der Waals surface area contributed by atoms with Crippen LogP contribution in [0.15, 0.2) is 24.3 Å². The van der Waals surface area contributed by atoms with E-state index < -0.39 is 0 Å². The van der Waals surface area contributed by atoms with Gasteiger partial charge in [0.25, 0.3) is 5.91 Å². The predicted molar refractivity (Wildman–Crippen MR) is 89.8 cm³/mol. The van der Waals surface area contributed by atoms with Crippen molar-refractivity contribution in [2.45, 2.75) is 6.42 Å². The largest absolute Gasteiger partial charge is 0.346 e. The zero-order valence-corrected chi connectivity index (χ0v) is 13.7. The Labute approximate surface area is 140 Å². The normalized spacial score (nSPS) is 15.2. The maximum absolute atomic E-state index is 12.1. The number of hydrogen-bond acceptors (Lipinski definition) is 4. The summed E-state index contributed by atoms with van der Waals surface area (Å²) in [6.07, 6.45) is 0.538. The van der Waals surface area contributed by atoms with Crippen molar-refractivity contribution in [1.82, 2.24) is 15.1 Å². The van der Waals surface area contributed by atoms with Crippen molar-refractivity contribution in [3.8, 4) is 6.07 Å². The monoisotopic (exact) mass is 336 g/mol. The van der Waals surface area contributed by atoms with Crippen molar-refractivity contribution in [2.24, 2.45) is 0 Å². The number of carbonyl (C=O) groups excluding carboxylic acids is 1. The van der Waals surface area contributed by atoms with Crippen LogP contribution in [0.2, 0.25) is 5.02 Å². The van der Waals surface area contributed by atoms with Gasteiger partial charge in [0, 0.05) is 49.7 Å². The number of thiocarbonyl (C=S) groups is 1. The van der Waals surface area contributed by atoms with Crippen molar-refractivity contribution in [3.05, 3.63) is 34.9 Å². The molecule has 1 aromatic carbocycles. The molecule has 1 aliphatic heterocycles. The van der Waals surface area contributed by atoms with Crippen molar-refractivity contribution in [3.63, 3.8) is 0 Å². The van der Waals surface area contributed by atoms with Crippen LogP contribution in [0.4, 0.5) is 0 Å². The zero-order valence-electron chi connectivity index (χ0n) is 12.1. The minimum absolute atomic E-state index is 0.251. The zero-order chi connectivity index (χ0) is 15.9. The first kappa shape index (κ1) is 16.7. The van der Waals surface area contributed by atoms with Gasteiger partial charge in [-0.25, -0.2) is 0 Å². The van der Waals surface area contributed by atoms with Crippen LogP contribution in [0, 0.1) is 11.3 Å². The lowest BCUT2D eigenvalue weighted by Crippen LogP contribution is -2.52. The number of amides is 1. The highest BCUT2D eigenvalue weighted by atomic mass is 35.5. The fraction of sp³-hybridized carbons (Fsp3) is 0.400. The van der Waals surface area contributed by atoms with Gasteiger partial charge in [-0.1, -0.05) is 17.7 Å². The van der Waals surface area contributed by atoms with Crippen LogP contribution >= 0.6 is 23.8 Å². The van der Waals surface area contributed by atoms with E-state index in [-0.39, 0.29) is 5.91 Å². The number of hydrogen-bond donors (Lipinski definition) is 1. The van der Waals surface area contributed by atoms with Crippen LogP contribution in [-0.2, 0) is 0 Å². The Kier molecular flexibility index (Phi) is 6.13. The van der Waals surface area contributed by atoms with Crippen LogP contribution in [0.25, 0.3) is 0 Å². The van der Waals surface area contributed by atoms with Crippen molar-refractivity contribution in [2.75, 3.05) is 32.7 Å². The van der Waals surface area contributed by atoms with Gasteiger partial charge in [-0.15, -0.1) is 0 Å². The molecule has 0 spiro atoms. The van der Waals surface area contributed by atoms with Gasteiger partial charge in [0.05, 0.1) is 6.07 Å². The number of nitrogens with one attached hydrogen (secondary N) is 1. The lowest BCUT2D eigenvalue weighted by Gasteiger charge is -2.35. The molecule has 1 fully saturated rings. The maximum Gasteiger partial charge on any atom is 0.257 e. The minimum atomic E-state index is -0.251. The first-order chi connectivity index (χ1) is 10.6. The van der Waals surface area contributed by atoms with Gasteiger partial charge in [-0.2, -0.15) is 5.26 Å². The smallest absolute Gasteiger partial charge is 0.257 e. The van der Waals surface area contributed by atoms with Crippen LogP contribution in [0.5, 0.6) is 0 Å². The molecule has 2 rings (SSSR count). The molecule has 1 heterocycles. The fourth-order valence-corrected chi connectivity index (χ4v) is 2.73. The Hall–Kier alpha value is -1.68. The summed E-state index contributed by atoms with van der Waals surface area (Å²) in [4.78, 5) is 16.3. The summed E-state index contributed by atoms with van der Waals surface area (Å²) in [5, 5.41) is 12.3. The van der Waals surface area contributed by atoms with Gasteiger partial charge in [-0.05, 0) is 30.4 Å². The summed E-state index contributed by atoms with van der Waals surface area (Å²) < 4.78 is 0. The molecule has 1 amide bonds. The third-order valence-electron chi connectivity index (χ3n) is 3.51. The fourth-order valence-electron chi connectivity index (χ4n) is 2.26. The van der Waals surface area contributed by atoms with Crippen molar-refractivity contribution in [1.29, 1.82) is 5.26 Å². The molecule has 0 atom stereocenters. The highest BCUT2D eigenvalue weighted by Crippen LogP contribution is 2.11. The summed E-state index contributed by atoms with van der Waals surface area (Å²) in [5.41, 5.74) is 0.488. The molecule has 0 radical (unpaired) electrons. The predicted octanol–water partition coefficient (Wildman–Crippen LogP) is 1.89. The molecule has 0 aromatic heterocycles. The number of benzene rings is 1. The van der Waals surface area contributed by atoms with Crippen LogP contribution in [0.1, 0.15) is 16.8 Å². The molecular weight excluding hydrogens is 320 g/mol. The second-order valence-corrected chi connectivity index (χ2v) is 5.83. The van der Waals surface area contributed by atoms with E-state index in [0.717, 1.165) is 32.7 Å². The minimum Gasteiger partial charge on any atom is -0.346 e. The third-order valence-corrected chi connectivity index (χ3v) is 4.10. The summed E-state index contributed by atoms with van der Waals surface area (Å²) in [5.74, 6) is -0.251. The van der Waals surface area contributed by atoms with E-state index in [1.807, 2.05) is 4.90 Å². The Morgan fingerprint density at radius 1 is 1.36 bits per heavy atom. The lowest BCUT2D eigenvalue weighted by atomic mass is 10.2. The summed E-state index contributed by atoms with van der Waals surface area (Å²) in [7, 11) is 0. The molecule has 1 saturated heterocycles. The van der Waals surface area contributed by atoms with Gasteiger partial charge in [0.1, 0.15) is 0 Å². The van der Waals surface area contributed by atoms with E-state index in [4.69, 9.17) is 29.1 Å². The van der Waals surface area contributed by atoms with E-state index in [1.54, 1.807) is 24.3 Å². The lowest BCUT2D eigenvalue weighted by molar-refractivity contribution is 0.0969. The van der Waals surface area contributed by atoms with Crippen LogP contribution < -0.4 is 5.32 Å². The van der Waals surface area contributed by atoms with Crippen molar-refractivity contribution < 1.29 is 4.79 Å². The van der Waals surface area contributed by atoms with Crippen molar-refractivity contribution >= 4 is 34.8 Å². The Balaban J connectivity index is 1.83. The molecule has 5 nitrogen and oxygen atoms in total. The molecule has 116 valence electrons. The topological polar surface area (TPSA) is 59.4 Å². The van der Waals surface area contributed by atoms with Gasteiger partial charge in [-0.3, -0.25) is 15.0 Å². The van der Waals surface area contributed by atoms with E-state index in [0.29, 0.717) is 22.1 Å². The molecule has 1 N–H and O–H groups in total. The summed E-state index contributed by atoms with van der Waals surface area (Å²) in [6, 6.07) is 8.91. The van der Waals surface area contributed by atoms with Gasteiger partial charge in [0.2, 0.25) is 0 Å². The highest BCUT2D eigenvalue weighted by molar-refractivity contribution is 7.80. The highest BCUT2D eigenvalue weighted by Gasteiger charge is 2.20. The molecule has 0 unspecified atom stereocenters. The Bertz CT molecular complexity index is 593. The standard InChI is InChI=1S/C15H17ClN4OS/c16-13-4-1-3-12(11-13)14(21)18-15(22)20-9-7-19(8-10-20)6-2-5-17/h1,3-4,11H,2,6-10H2,(H,18,21,22). The molecular formula is C15H17ClN4OS. The first-order valence-corrected chi connectivity index (χ1v) is 7.84. The Morgan fingerprint density at radius 3 is 2.73 bits per heavy atom. The molecule has 22 heavy (non-hydrogen) atoms. The number of nitriles is 1. The molecule has 0 saturated carbocycles. The van der Waals surface area contributed by atoms with Gasteiger partial charge in [0.15, 0.2) is 5.11 Å². The average Bonchev–Trinajstić information content (AvgIpc) is 2.53. The van der Waals surface area contributed by atoms with Crippen LogP contribution in [-0.4, -0.2) is 53.5 Å². The van der Waals surface area contributed by atoms with E-state index in [1.165, 1.54) is 0 Å². The molecule has 7 heteroatoms. The second-order valence-electron chi connectivity index (χ2n) is 5.01. The molecule has 0 bridgehead atoms. The molecule has 1 aromatic rings. The second kappa shape index (κ2) is 8.08. The quantitative estimate of drug-likeness (QED) is 0.854. The number of halogens is 1. The van der Waals surface area contributed by atoms with Crippen LogP contribution in [0.3, 0.4) is 0 Å². The SMILES string of the molecule is N#CCCN1CCN(C(=S)NC(=O)c2cccc(Cl)c2)CC1. The Morgan fingerprint density at radius 2 is 2.09 bits per heavy atom. The van der Waals surface area contributed by atoms with Gasteiger partial charge >= 0.3 is 0 Å². The summed E-state index contributed by atoms with van der Waals surface area (Å²) in [6.45, 7) is 3.97. The third kappa shape index (κ3) is 4.67. The first-order valence-electron chi connectivity index (χ1n) is 7.05. The number of piperazine rings is 1. The molecule has 1 aliphatic rings. The molecule has 0 aliphatic carbocycles. The van der Waals surface area contributed by atoms with Gasteiger partial charge < -0.3 is 4.90 Å². The van der Waals surface area contributed by atoms with E-state index >= 15 is 0 Å². The maximum atomic E-state index is 12.1. The average molecular weight is 337 g/mol.